The third kappa shape index (κ3) is 1.74. The first-order valence-corrected chi connectivity index (χ1v) is 6.75. The topological polar surface area (TPSA) is 20.2 Å². The Kier molecular flexibility index (Phi) is 2.87. The van der Waals surface area contributed by atoms with Gasteiger partial charge in [0.1, 0.15) is 0 Å². The molecule has 0 aromatic heterocycles. The summed E-state index contributed by atoms with van der Waals surface area (Å²) in [5, 5.41) is 9.45. The smallest absolute Gasteiger partial charge is 0.0468 e. The molecule has 0 unspecified atom stereocenters. The van der Waals surface area contributed by atoms with E-state index in [0.717, 1.165) is 6.42 Å². The highest BCUT2D eigenvalue weighted by Crippen LogP contribution is 2.51. The first kappa shape index (κ1) is 11.7. The van der Waals surface area contributed by atoms with Crippen LogP contribution in [0.5, 0.6) is 0 Å². The van der Waals surface area contributed by atoms with E-state index in [1.165, 1.54) is 16.7 Å². The van der Waals surface area contributed by atoms with Gasteiger partial charge in [-0.25, -0.2) is 0 Å². The van der Waals surface area contributed by atoms with Crippen molar-refractivity contribution in [2.45, 2.75) is 19.3 Å². The van der Waals surface area contributed by atoms with Crippen molar-refractivity contribution in [3.63, 3.8) is 0 Å². The van der Waals surface area contributed by atoms with Crippen LogP contribution in [-0.4, -0.2) is 11.7 Å². The largest absolute Gasteiger partial charge is 0.396 e. The van der Waals surface area contributed by atoms with Crippen molar-refractivity contribution in [1.82, 2.24) is 0 Å². The van der Waals surface area contributed by atoms with Crippen LogP contribution in [0.2, 0.25) is 0 Å². The van der Waals surface area contributed by atoms with Crippen LogP contribution >= 0.6 is 0 Å². The SMILES string of the molecule is C=C1[C@@H]2C=C[C@H](c3ccc(C)cc3)[C@H]1C[C@H]2CO. The maximum absolute atomic E-state index is 9.45. The maximum Gasteiger partial charge on any atom is 0.0468 e. The summed E-state index contributed by atoms with van der Waals surface area (Å²) in [6.45, 7) is 6.67. The van der Waals surface area contributed by atoms with Gasteiger partial charge in [-0.3, -0.25) is 0 Å². The molecule has 1 nitrogen and oxygen atoms in total. The fourth-order valence-corrected chi connectivity index (χ4v) is 3.53. The number of aryl methyl sites for hydroxylation is 1. The van der Waals surface area contributed by atoms with Crippen molar-refractivity contribution >= 4 is 0 Å². The van der Waals surface area contributed by atoms with Gasteiger partial charge in [0.05, 0.1) is 0 Å². The second-order valence-corrected chi connectivity index (χ2v) is 5.71. The van der Waals surface area contributed by atoms with Gasteiger partial charge in [0, 0.05) is 18.4 Å². The molecule has 0 saturated heterocycles. The molecular weight excluding hydrogens is 220 g/mol. The number of benzene rings is 1. The van der Waals surface area contributed by atoms with Gasteiger partial charge in [0.2, 0.25) is 0 Å². The maximum atomic E-state index is 9.45. The molecule has 0 aliphatic heterocycles. The molecule has 2 bridgehead atoms. The van der Waals surface area contributed by atoms with E-state index in [9.17, 15) is 5.11 Å². The number of fused-ring (bicyclic) bond motifs is 2. The highest BCUT2D eigenvalue weighted by Gasteiger charge is 2.42. The van der Waals surface area contributed by atoms with Gasteiger partial charge < -0.3 is 5.11 Å². The van der Waals surface area contributed by atoms with E-state index in [2.05, 4.69) is 49.9 Å². The van der Waals surface area contributed by atoms with Crippen molar-refractivity contribution < 1.29 is 5.11 Å². The molecule has 94 valence electrons. The fourth-order valence-electron chi connectivity index (χ4n) is 3.53. The summed E-state index contributed by atoms with van der Waals surface area (Å²) >= 11 is 0. The molecule has 2 aliphatic rings. The fraction of sp³-hybridized carbons (Fsp3) is 0.412. The second-order valence-electron chi connectivity index (χ2n) is 5.71. The Bertz CT molecular complexity index is 483. The third-order valence-corrected chi connectivity index (χ3v) is 4.63. The summed E-state index contributed by atoms with van der Waals surface area (Å²) in [6, 6.07) is 8.81. The minimum atomic E-state index is 0.283. The first-order valence-electron chi connectivity index (χ1n) is 6.75. The summed E-state index contributed by atoms with van der Waals surface area (Å²) in [5.41, 5.74) is 4.00. The van der Waals surface area contributed by atoms with E-state index in [-0.39, 0.29) is 6.61 Å². The van der Waals surface area contributed by atoms with E-state index >= 15 is 0 Å². The minimum absolute atomic E-state index is 0.283. The second kappa shape index (κ2) is 4.40. The van der Waals surface area contributed by atoms with E-state index in [1.807, 2.05) is 0 Å². The predicted octanol–water partition coefficient (Wildman–Crippen LogP) is 3.45. The molecule has 1 N–H and O–H groups in total. The monoisotopic (exact) mass is 240 g/mol. The van der Waals surface area contributed by atoms with Crippen LogP contribution < -0.4 is 0 Å². The Hall–Kier alpha value is -1.34. The van der Waals surface area contributed by atoms with Crippen LogP contribution in [0.3, 0.4) is 0 Å². The third-order valence-electron chi connectivity index (χ3n) is 4.63. The van der Waals surface area contributed by atoms with Crippen LogP contribution in [0.1, 0.15) is 23.5 Å². The standard InChI is InChI=1S/C17H20O/c1-11-3-5-13(6-4-11)16-8-7-15-12(2)17(16)9-14(15)10-18/h3-8,14-18H,2,9-10H2,1H3/t14-,15-,16+,17-/m0/s1. The van der Waals surface area contributed by atoms with Gasteiger partial charge in [-0.2, -0.15) is 0 Å². The van der Waals surface area contributed by atoms with Crippen LogP contribution in [-0.2, 0) is 0 Å². The molecule has 3 rings (SSSR count). The number of allylic oxidation sites excluding steroid dienone is 3. The molecule has 0 radical (unpaired) electrons. The van der Waals surface area contributed by atoms with Gasteiger partial charge in [0.25, 0.3) is 0 Å². The van der Waals surface area contributed by atoms with Crippen LogP contribution in [0, 0.1) is 24.7 Å². The number of aliphatic hydroxyl groups is 1. The van der Waals surface area contributed by atoms with Crippen LogP contribution in [0.4, 0.5) is 0 Å². The molecule has 1 aromatic carbocycles. The van der Waals surface area contributed by atoms with E-state index in [1.54, 1.807) is 0 Å². The normalized spacial score (nSPS) is 34.0. The zero-order valence-electron chi connectivity index (χ0n) is 10.8. The lowest BCUT2D eigenvalue weighted by molar-refractivity contribution is 0.212. The molecule has 0 spiro atoms. The summed E-state index contributed by atoms with van der Waals surface area (Å²) in [6.07, 6.45) is 5.66. The summed E-state index contributed by atoms with van der Waals surface area (Å²) in [4.78, 5) is 0. The van der Waals surface area contributed by atoms with Crippen LogP contribution in [0.15, 0.2) is 48.6 Å². The van der Waals surface area contributed by atoms with Gasteiger partial charge >= 0.3 is 0 Å². The molecule has 1 heteroatoms. The first-order chi connectivity index (χ1) is 8.70. The van der Waals surface area contributed by atoms with Gasteiger partial charge in [-0.05, 0) is 30.7 Å². The molecule has 18 heavy (non-hydrogen) atoms. The molecule has 0 heterocycles. The lowest BCUT2D eigenvalue weighted by Gasteiger charge is -2.27. The van der Waals surface area contributed by atoms with Crippen molar-refractivity contribution in [2.75, 3.05) is 6.61 Å². The van der Waals surface area contributed by atoms with E-state index in [4.69, 9.17) is 0 Å². The molecule has 4 atom stereocenters. The molecule has 2 aliphatic carbocycles. The zero-order chi connectivity index (χ0) is 12.7. The molecule has 0 amide bonds. The Balaban J connectivity index is 1.92. The van der Waals surface area contributed by atoms with Crippen molar-refractivity contribution in [1.29, 1.82) is 0 Å². The van der Waals surface area contributed by atoms with Crippen molar-refractivity contribution in [3.8, 4) is 0 Å². The molecule has 1 saturated carbocycles. The van der Waals surface area contributed by atoms with Gasteiger partial charge in [-0.15, -0.1) is 0 Å². The van der Waals surface area contributed by atoms with Crippen LogP contribution in [0.25, 0.3) is 0 Å². The Morgan fingerprint density at radius 1 is 1.17 bits per heavy atom. The average Bonchev–Trinajstić information content (AvgIpc) is 2.59. The summed E-state index contributed by atoms with van der Waals surface area (Å²) in [5.74, 6) is 1.75. The van der Waals surface area contributed by atoms with Crippen molar-refractivity contribution in [3.05, 3.63) is 59.7 Å². The number of hydrogen-bond donors (Lipinski definition) is 1. The highest BCUT2D eigenvalue weighted by molar-refractivity contribution is 5.37. The number of aliphatic hydroxyl groups excluding tert-OH is 1. The molecular formula is C17H20O. The minimum Gasteiger partial charge on any atom is -0.396 e. The quantitative estimate of drug-likeness (QED) is 0.785. The lowest BCUT2D eigenvalue weighted by Crippen LogP contribution is -2.15. The Morgan fingerprint density at radius 3 is 2.50 bits per heavy atom. The van der Waals surface area contributed by atoms with E-state index in [0.29, 0.717) is 23.7 Å². The zero-order valence-corrected chi connectivity index (χ0v) is 10.8. The van der Waals surface area contributed by atoms with Crippen molar-refractivity contribution in [2.24, 2.45) is 17.8 Å². The number of hydrogen-bond acceptors (Lipinski definition) is 1. The number of rotatable bonds is 2. The highest BCUT2D eigenvalue weighted by atomic mass is 16.3. The Morgan fingerprint density at radius 2 is 1.83 bits per heavy atom. The Labute approximate surface area is 109 Å². The van der Waals surface area contributed by atoms with Gasteiger partial charge in [-0.1, -0.05) is 54.1 Å². The predicted molar refractivity (Wildman–Crippen MR) is 74.4 cm³/mol. The average molecular weight is 240 g/mol. The summed E-state index contributed by atoms with van der Waals surface area (Å²) < 4.78 is 0. The molecule has 1 aromatic rings. The molecule has 1 fully saturated rings. The summed E-state index contributed by atoms with van der Waals surface area (Å²) in [7, 11) is 0. The van der Waals surface area contributed by atoms with Gasteiger partial charge in [0.15, 0.2) is 0 Å². The lowest BCUT2D eigenvalue weighted by atomic mass is 9.78. The van der Waals surface area contributed by atoms with E-state index < -0.39 is 0 Å².